The number of imidazole rings is 1. The zero-order chi connectivity index (χ0) is 22.3. The highest BCUT2D eigenvalue weighted by Gasteiger charge is 2.12. The zero-order valence-electron chi connectivity index (χ0n) is 17.7. The summed E-state index contributed by atoms with van der Waals surface area (Å²) in [6.07, 6.45) is 6.00. The van der Waals surface area contributed by atoms with Gasteiger partial charge < -0.3 is 15.2 Å². The molecule has 31 heavy (non-hydrogen) atoms. The van der Waals surface area contributed by atoms with Gasteiger partial charge in [0.1, 0.15) is 9.84 Å². The van der Waals surface area contributed by atoms with Crippen molar-refractivity contribution in [3.05, 3.63) is 64.1 Å². The topological polar surface area (TPSA) is 88.9 Å². The van der Waals surface area contributed by atoms with E-state index in [-0.39, 0.29) is 17.5 Å². The summed E-state index contributed by atoms with van der Waals surface area (Å²) in [7, 11) is -2.95. The van der Waals surface area contributed by atoms with Crippen molar-refractivity contribution in [1.82, 2.24) is 19.9 Å². The smallest absolute Gasteiger partial charge is 0.182 e. The van der Waals surface area contributed by atoms with Crippen LogP contribution in [-0.2, 0) is 22.8 Å². The second-order valence-electron chi connectivity index (χ2n) is 7.24. The Morgan fingerprint density at radius 1 is 1.19 bits per heavy atom. The molecule has 7 nitrogen and oxygen atoms in total. The Morgan fingerprint density at radius 3 is 2.71 bits per heavy atom. The van der Waals surface area contributed by atoms with E-state index >= 15 is 0 Å². The molecular weight excluding hydrogens is 454 g/mol. The van der Waals surface area contributed by atoms with Gasteiger partial charge in [-0.25, -0.2) is 18.4 Å². The van der Waals surface area contributed by atoms with Crippen LogP contribution in [0.25, 0.3) is 0 Å². The van der Waals surface area contributed by atoms with Crippen LogP contribution in [0.3, 0.4) is 0 Å². The highest BCUT2D eigenvalue weighted by Crippen LogP contribution is 2.22. The number of sulfone groups is 1. The summed E-state index contributed by atoms with van der Waals surface area (Å²) in [6.45, 7) is 6.01. The number of hydrogen-bond donors (Lipinski definition) is 2. The maximum absolute atomic E-state index is 11.6. The number of benzene rings is 1. The molecule has 0 aliphatic rings. The molecule has 3 aromatic rings. The largest absolute Gasteiger partial charge is 0.360 e. The third-order valence-electron chi connectivity index (χ3n) is 5.05. The van der Waals surface area contributed by atoms with Crippen molar-refractivity contribution in [2.24, 2.45) is 0 Å². The van der Waals surface area contributed by atoms with Crippen molar-refractivity contribution in [3.63, 3.8) is 0 Å². The molecule has 1 atom stereocenters. The first-order valence-corrected chi connectivity index (χ1v) is 13.3. The zero-order valence-corrected chi connectivity index (χ0v) is 20.1. The summed E-state index contributed by atoms with van der Waals surface area (Å²) < 4.78 is 25.4. The number of hydrogen-bond acceptors (Lipinski definition) is 7. The first-order chi connectivity index (χ1) is 14.9. The normalized spacial score (nSPS) is 12.7. The maximum atomic E-state index is 11.6. The third-order valence-corrected chi connectivity index (χ3v) is 8.03. The van der Waals surface area contributed by atoms with Crippen LogP contribution in [-0.4, -0.2) is 47.5 Å². The lowest BCUT2D eigenvalue weighted by Crippen LogP contribution is -2.23. The summed E-state index contributed by atoms with van der Waals surface area (Å²) in [4.78, 5) is 9.61. The Kier molecular flexibility index (Phi) is 8.48. The summed E-state index contributed by atoms with van der Waals surface area (Å²) >= 11 is 7.50. The van der Waals surface area contributed by atoms with Crippen molar-refractivity contribution in [2.75, 3.05) is 29.9 Å². The number of nitrogens with one attached hydrogen (secondary N) is 2. The second kappa shape index (κ2) is 11.1. The third kappa shape index (κ3) is 7.03. The van der Waals surface area contributed by atoms with Crippen molar-refractivity contribution in [2.45, 2.75) is 32.9 Å². The van der Waals surface area contributed by atoms with Crippen LogP contribution in [0.4, 0.5) is 5.13 Å². The van der Waals surface area contributed by atoms with Crippen LogP contribution in [0.1, 0.15) is 36.0 Å². The van der Waals surface area contributed by atoms with Crippen molar-refractivity contribution in [3.8, 4) is 0 Å². The molecule has 0 radical (unpaired) electrons. The second-order valence-corrected chi connectivity index (χ2v) is 11.3. The molecule has 0 saturated carbocycles. The van der Waals surface area contributed by atoms with Gasteiger partial charge in [-0.1, -0.05) is 30.7 Å². The Labute approximate surface area is 192 Å². The van der Waals surface area contributed by atoms with Crippen LogP contribution in [0.2, 0.25) is 5.02 Å². The Morgan fingerprint density at radius 2 is 1.97 bits per heavy atom. The minimum Gasteiger partial charge on any atom is -0.360 e. The van der Waals surface area contributed by atoms with Crippen molar-refractivity contribution < 1.29 is 8.42 Å². The van der Waals surface area contributed by atoms with Gasteiger partial charge in [0.2, 0.25) is 0 Å². The molecule has 0 saturated heterocycles. The standard InChI is InChI=1S/C21H28ClN5O2S2/c1-3-31(28,29)11-8-20-14-26-21(30-20)25-10-9-23-12-19-13-24-15-27(19)16(2)17-4-6-18(22)7-5-17/h4-7,13-16,23H,3,8-12H2,1-2H3,(H,25,26). The Balaban J connectivity index is 1.42. The molecule has 3 rings (SSSR count). The highest BCUT2D eigenvalue weighted by atomic mass is 35.5. The highest BCUT2D eigenvalue weighted by molar-refractivity contribution is 7.91. The molecule has 0 aliphatic carbocycles. The van der Waals surface area contributed by atoms with Gasteiger partial charge in [0.05, 0.1) is 23.8 Å². The van der Waals surface area contributed by atoms with E-state index < -0.39 is 9.84 Å². The monoisotopic (exact) mass is 481 g/mol. The Bertz CT molecular complexity index is 1060. The molecule has 10 heteroatoms. The minimum absolute atomic E-state index is 0.167. The molecule has 1 unspecified atom stereocenters. The average Bonchev–Trinajstić information content (AvgIpc) is 3.42. The molecule has 168 valence electrons. The van der Waals surface area contributed by atoms with Crippen LogP contribution in [0.5, 0.6) is 0 Å². The fourth-order valence-electron chi connectivity index (χ4n) is 3.10. The van der Waals surface area contributed by atoms with Crippen LogP contribution < -0.4 is 10.6 Å². The van der Waals surface area contributed by atoms with Crippen molar-refractivity contribution in [1.29, 1.82) is 0 Å². The lowest BCUT2D eigenvalue weighted by Gasteiger charge is -2.17. The minimum atomic E-state index is -2.95. The number of aromatic nitrogens is 3. The molecule has 2 N–H and O–H groups in total. The van der Waals surface area contributed by atoms with Gasteiger partial charge in [0.15, 0.2) is 5.13 Å². The summed E-state index contributed by atoms with van der Waals surface area (Å²) in [5.41, 5.74) is 2.28. The Hall–Kier alpha value is -1.94. The summed E-state index contributed by atoms with van der Waals surface area (Å²) in [5.74, 6) is 0.356. The number of aryl methyl sites for hydroxylation is 1. The summed E-state index contributed by atoms with van der Waals surface area (Å²) in [5, 5.41) is 8.25. The van der Waals surface area contributed by atoms with E-state index in [9.17, 15) is 8.42 Å². The van der Waals surface area contributed by atoms with E-state index in [4.69, 9.17) is 11.6 Å². The molecule has 0 fully saturated rings. The van der Waals surface area contributed by atoms with Gasteiger partial charge in [-0.3, -0.25) is 0 Å². The lowest BCUT2D eigenvalue weighted by atomic mass is 10.1. The first kappa shape index (κ1) is 23.7. The van der Waals surface area contributed by atoms with Crippen molar-refractivity contribution >= 4 is 37.9 Å². The molecule has 0 amide bonds. The lowest BCUT2D eigenvalue weighted by molar-refractivity contribution is 0.580. The quantitative estimate of drug-likeness (QED) is 0.383. The predicted molar refractivity (Wildman–Crippen MR) is 128 cm³/mol. The van der Waals surface area contributed by atoms with Gasteiger partial charge in [-0.15, -0.1) is 11.3 Å². The number of anilines is 1. The number of rotatable bonds is 12. The molecule has 0 aliphatic heterocycles. The van der Waals surface area contributed by atoms with Crippen LogP contribution >= 0.6 is 22.9 Å². The molecule has 0 spiro atoms. The maximum Gasteiger partial charge on any atom is 0.182 e. The average molecular weight is 482 g/mol. The molecule has 0 bridgehead atoms. The van der Waals surface area contributed by atoms with Gasteiger partial charge in [-0.05, 0) is 31.0 Å². The van der Waals surface area contributed by atoms with Gasteiger partial charge in [0, 0.05) is 47.7 Å². The molecule has 1 aromatic carbocycles. The number of thiazole rings is 1. The molecule has 2 aromatic heterocycles. The number of halogens is 1. The van der Waals surface area contributed by atoms with Crippen LogP contribution in [0, 0.1) is 0 Å². The molecular formula is C21H28ClN5O2S2. The molecule has 2 heterocycles. The SMILES string of the molecule is CCS(=O)(=O)CCc1cnc(NCCNCc2cncn2C(C)c2ccc(Cl)cc2)s1. The van der Waals surface area contributed by atoms with E-state index in [1.54, 1.807) is 13.1 Å². The van der Waals surface area contributed by atoms with Gasteiger partial charge >= 0.3 is 0 Å². The fraction of sp³-hybridized carbons (Fsp3) is 0.429. The van der Waals surface area contributed by atoms with Gasteiger partial charge in [-0.2, -0.15) is 0 Å². The van der Waals surface area contributed by atoms with Gasteiger partial charge in [0.25, 0.3) is 0 Å². The predicted octanol–water partition coefficient (Wildman–Crippen LogP) is 3.78. The van der Waals surface area contributed by atoms with E-state index in [0.717, 1.165) is 33.8 Å². The number of nitrogens with zero attached hydrogens (tertiary/aromatic N) is 3. The van der Waals surface area contributed by atoms with E-state index in [0.29, 0.717) is 13.0 Å². The van der Waals surface area contributed by atoms with E-state index in [1.807, 2.05) is 36.8 Å². The fourth-order valence-corrected chi connectivity index (χ4v) is 5.01. The van der Waals surface area contributed by atoms with E-state index in [1.165, 1.54) is 16.9 Å². The van der Waals surface area contributed by atoms with E-state index in [2.05, 4.69) is 32.1 Å². The van der Waals surface area contributed by atoms with Crippen LogP contribution in [0.15, 0.2) is 43.0 Å². The first-order valence-electron chi connectivity index (χ1n) is 10.2. The summed E-state index contributed by atoms with van der Waals surface area (Å²) in [6, 6.07) is 8.05.